The normalized spacial score (nSPS) is 13.1. The third-order valence-electron chi connectivity index (χ3n) is 6.47. The zero-order valence-electron chi connectivity index (χ0n) is 20.4. The van der Waals surface area contributed by atoms with Crippen molar-refractivity contribution < 1.29 is 26.3 Å². The molecule has 12 heteroatoms. The van der Waals surface area contributed by atoms with Crippen molar-refractivity contribution in [1.29, 1.82) is 0 Å². The van der Waals surface area contributed by atoms with Gasteiger partial charge >= 0.3 is 12.4 Å². The summed E-state index contributed by atoms with van der Waals surface area (Å²) in [5, 5.41) is 0.595. The van der Waals surface area contributed by atoms with Crippen molar-refractivity contribution >= 4 is 16.4 Å². The Morgan fingerprint density at radius 2 is 1.68 bits per heavy atom. The zero-order valence-corrected chi connectivity index (χ0v) is 20.4. The fourth-order valence-corrected chi connectivity index (χ4v) is 4.33. The number of imidazole rings is 1. The SMILES string of the molecule is Cc1c(CN=c2nc(C)n(C)c3cnc(-c4ccn5c(C(F)(F)F)ncc5c4)cc23)cccc1C(F)(F)F. The van der Waals surface area contributed by atoms with Crippen molar-refractivity contribution in [3.05, 3.63) is 88.8 Å². The lowest BCUT2D eigenvalue weighted by atomic mass is 10.0. The van der Waals surface area contributed by atoms with Crippen LogP contribution in [-0.4, -0.2) is 23.9 Å². The molecular formula is C26H20F6N6. The molecule has 0 spiro atoms. The fourth-order valence-electron chi connectivity index (χ4n) is 4.33. The van der Waals surface area contributed by atoms with E-state index in [2.05, 4.69) is 19.9 Å². The number of pyridine rings is 2. The van der Waals surface area contributed by atoms with Crippen molar-refractivity contribution in [2.45, 2.75) is 32.7 Å². The van der Waals surface area contributed by atoms with Gasteiger partial charge in [-0.15, -0.1) is 0 Å². The van der Waals surface area contributed by atoms with E-state index in [1.165, 1.54) is 25.3 Å². The summed E-state index contributed by atoms with van der Waals surface area (Å²) in [7, 11) is 1.80. The summed E-state index contributed by atoms with van der Waals surface area (Å²) < 4.78 is 82.4. The third kappa shape index (κ3) is 4.50. The second kappa shape index (κ2) is 8.96. The largest absolute Gasteiger partial charge is 0.450 e. The maximum atomic E-state index is 13.3. The van der Waals surface area contributed by atoms with E-state index in [9.17, 15) is 26.3 Å². The lowest BCUT2D eigenvalue weighted by Crippen LogP contribution is -2.17. The van der Waals surface area contributed by atoms with Crippen LogP contribution in [0.4, 0.5) is 26.3 Å². The van der Waals surface area contributed by atoms with Crippen molar-refractivity contribution in [3.63, 3.8) is 0 Å². The highest BCUT2D eigenvalue weighted by Crippen LogP contribution is 2.33. The molecule has 38 heavy (non-hydrogen) atoms. The van der Waals surface area contributed by atoms with Crippen LogP contribution >= 0.6 is 0 Å². The molecule has 0 amide bonds. The predicted octanol–water partition coefficient (Wildman–Crippen LogP) is 6.04. The Kier molecular flexibility index (Phi) is 6.00. The molecule has 0 fully saturated rings. The monoisotopic (exact) mass is 530 g/mol. The van der Waals surface area contributed by atoms with Crippen molar-refractivity contribution in [2.75, 3.05) is 0 Å². The maximum Gasteiger partial charge on any atom is 0.450 e. The van der Waals surface area contributed by atoms with E-state index in [0.717, 1.165) is 16.7 Å². The van der Waals surface area contributed by atoms with E-state index in [4.69, 9.17) is 0 Å². The van der Waals surface area contributed by atoms with Crippen LogP contribution in [-0.2, 0) is 25.9 Å². The van der Waals surface area contributed by atoms with Crippen LogP contribution in [0, 0.1) is 13.8 Å². The fraction of sp³-hybridized carbons (Fsp3) is 0.231. The summed E-state index contributed by atoms with van der Waals surface area (Å²) in [6.45, 7) is 3.16. The first-order valence-corrected chi connectivity index (χ1v) is 11.4. The van der Waals surface area contributed by atoms with Gasteiger partial charge < -0.3 is 4.57 Å². The van der Waals surface area contributed by atoms with Crippen LogP contribution in [0.25, 0.3) is 27.7 Å². The van der Waals surface area contributed by atoms with Crippen molar-refractivity contribution in [1.82, 2.24) is 23.9 Å². The molecule has 0 aliphatic heterocycles. The highest BCUT2D eigenvalue weighted by atomic mass is 19.4. The standard InChI is InChI=1S/C26H20F6N6/c1-14-17(5-4-6-20(14)25(27,28)29)11-34-23-19-10-21(33-13-22(19)37(3)15(2)36-23)16-7-8-38-18(9-16)12-35-24(38)26(30,31)32/h4-10,12-13H,11H2,1-3H3. The Bertz CT molecular complexity index is 1760. The number of alkyl halides is 6. The molecule has 0 aliphatic rings. The number of halogens is 6. The van der Waals surface area contributed by atoms with Gasteiger partial charge in [-0.2, -0.15) is 26.3 Å². The minimum Gasteiger partial charge on any atom is -0.331 e. The average molecular weight is 530 g/mol. The molecule has 0 radical (unpaired) electrons. The number of benzene rings is 1. The van der Waals surface area contributed by atoms with E-state index in [0.29, 0.717) is 39.0 Å². The maximum absolute atomic E-state index is 13.3. The average Bonchev–Trinajstić information content (AvgIpc) is 3.29. The number of aryl methyl sites for hydroxylation is 2. The molecule has 0 saturated heterocycles. The smallest absolute Gasteiger partial charge is 0.331 e. The molecule has 1 aromatic carbocycles. The molecule has 0 unspecified atom stereocenters. The third-order valence-corrected chi connectivity index (χ3v) is 6.47. The van der Waals surface area contributed by atoms with E-state index < -0.39 is 23.7 Å². The topological polar surface area (TPSA) is 60.4 Å². The van der Waals surface area contributed by atoms with Crippen molar-refractivity contribution in [2.24, 2.45) is 12.0 Å². The molecule has 5 rings (SSSR count). The number of nitrogens with zero attached hydrogens (tertiary/aromatic N) is 6. The van der Waals surface area contributed by atoms with Crippen molar-refractivity contribution in [3.8, 4) is 11.3 Å². The summed E-state index contributed by atoms with van der Waals surface area (Å²) in [6, 6.07) is 8.73. The minimum absolute atomic E-state index is 0.0231. The Labute approximate surface area is 212 Å². The first-order chi connectivity index (χ1) is 17.8. The van der Waals surface area contributed by atoms with Crippen LogP contribution < -0.4 is 5.49 Å². The van der Waals surface area contributed by atoms with Crippen LogP contribution in [0.2, 0.25) is 0 Å². The summed E-state index contributed by atoms with van der Waals surface area (Å²) in [6.07, 6.45) is -5.05. The number of fused-ring (bicyclic) bond motifs is 2. The molecule has 0 bridgehead atoms. The van der Waals surface area contributed by atoms with E-state index in [-0.39, 0.29) is 17.6 Å². The molecule has 4 aromatic heterocycles. The summed E-state index contributed by atoms with van der Waals surface area (Å²) in [5.74, 6) is -0.407. The van der Waals surface area contributed by atoms with Gasteiger partial charge in [0.1, 0.15) is 5.82 Å². The quantitative estimate of drug-likeness (QED) is 0.268. The molecular weight excluding hydrogens is 510 g/mol. The van der Waals surface area contributed by atoms with Gasteiger partial charge in [0.25, 0.3) is 0 Å². The number of rotatable bonds is 3. The summed E-state index contributed by atoms with van der Waals surface area (Å²) in [4.78, 5) is 17.1. The molecule has 5 aromatic rings. The Hall–Kier alpha value is -4.22. The molecule has 6 nitrogen and oxygen atoms in total. The Morgan fingerprint density at radius 1 is 0.921 bits per heavy atom. The molecule has 4 heterocycles. The minimum atomic E-state index is -4.60. The summed E-state index contributed by atoms with van der Waals surface area (Å²) >= 11 is 0. The first-order valence-electron chi connectivity index (χ1n) is 11.4. The Morgan fingerprint density at radius 3 is 2.39 bits per heavy atom. The molecule has 0 aliphatic carbocycles. The van der Waals surface area contributed by atoms with Gasteiger partial charge in [-0.05, 0) is 49.2 Å². The zero-order chi connectivity index (χ0) is 27.4. The van der Waals surface area contributed by atoms with E-state index >= 15 is 0 Å². The van der Waals surface area contributed by atoms with Gasteiger partial charge in [-0.3, -0.25) is 14.4 Å². The number of hydrogen-bond donors (Lipinski definition) is 0. The molecule has 0 atom stereocenters. The lowest BCUT2D eigenvalue weighted by molar-refractivity contribution is -0.145. The van der Waals surface area contributed by atoms with Crippen LogP contribution in [0.5, 0.6) is 0 Å². The van der Waals surface area contributed by atoms with E-state index in [1.807, 2.05) is 0 Å². The van der Waals surface area contributed by atoms with Gasteiger partial charge in [-0.1, -0.05) is 12.1 Å². The Balaban J connectivity index is 1.62. The van der Waals surface area contributed by atoms with Gasteiger partial charge in [0.15, 0.2) is 5.49 Å². The summed E-state index contributed by atoms with van der Waals surface area (Å²) in [5.41, 5.74) is 2.07. The predicted molar refractivity (Wildman–Crippen MR) is 128 cm³/mol. The second-order valence-electron chi connectivity index (χ2n) is 8.82. The number of aromatic nitrogens is 5. The highest BCUT2D eigenvalue weighted by Gasteiger charge is 2.36. The van der Waals surface area contributed by atoms with Gasteiger partial charge in [0.2, 0.25) is 5.82 Å². The highest BCUT2D eigenvalue weighted by molar-refractivity contribution is 5.82. The molecule has 196 valence electrons. The van der Waals surface area contributed by atoms with Crippen LogP contribution in [0.3, 0.4) is 0 Å². The number of hydrogen-bond acceptors (Lipinski definition) is 4. The first kappa shape index (κ1) is 25.4. The van der Waals surface area contributed by atoms with Gasteiger partial charge in [0, 0.05) is 24.2 Å². The molecule has 0 saturated carbocycles. The van der Waals surface area contributed by atoms with Gasteiger partial charge in [-0.25, -0.2) is 9.97 Å². The van der Waals surface area contributed by atoms with Gasteiger partial charge in [0.05, 0.1) is 41.2 Å². The van der Waals surface area contributed by atoms with E-state index in [1.54, 1.807) is 42.9 Å². The lowest BCUT2D eigenvalue weighted by Gasteiger charge is -2.13. The second-order valence-corrected chi connectivity index (χ2v) is 8.82. The van der Waals surface area contributed by atoms with Crippen LogP contribution in [0.1, 0.15) is 28.3 Å². The van der Waals surface area contributed by atoms with Crippen LogP contribution in [0.15, 0.2) is 60.0 Å². The molecule has 0 N–H and O–H groups in total.